The molecule has 0 aliphatic rings. The van der Waals surface area contributed by atoms with Crippen molar-refractivity contribution in [2.45, 2.75) is 84.0 Å². The van der Waals surface area contributed by atoms with Crippen LogP contribution in [0.5, 0.6) is 0 Å². The number of unbranched alkanes of at least 4 members (excludes halogenated alkanes) is 2. The summed E-state index contributed by atoms with van der Waals surface area (Å²) in [7, 11) is -4.11. The van der Waals surface area contributed by atoms with Gasteiger partial charge in [0.2, 0.25) is 8.32 Å². The van der Waals surface area contributed by atoms with Crippen molar-refractivity contribution in [3.05, 3.63) is 73.0 Å². The molecule has 0 aliphatic carbocycles. The van der Waals surface area contributed by atoms with Crippen molar-refractivity contribution in [2.75, 3.05) is 6.61 Å². The fraction of sp³-hybridized carbons (Fsp3) is 0.500. The van der Waals surface area contributed by atoms with E-state index < -0.39 is 16.6 Å². The van der Waals surface area contributed by atoms with Gasteiger partial charge in [-0.3, -0.25) is 0 Å². The summed E-state index contributed by atoms with van der Waals surface area (Å²) in [5, 5.41) is 2.97. The first-order valence-corrected chi connectivity index (χ1v) is 16.8. The Bertz CT molecular complexity index is 792. The van der Waals surface area contributed by atoms with Gasteiger partial charge in [0.05, 0.1) is 6.26 Å². The highest BCUT2D eigenvalue weighted by Crippen LogP contribution is 2.37. The van der Waals surface area contributed by atoms with Gasteiger partial charge in [-0.05, 0) is 52.8 Å². The standard InChI is InChI=1S/C28H44O2Si2/c1-27(2,3)31(7,8)29-23-17-9-10-18-24-30-32(28(4,5)6,25-19-13-11-14-20-25)26-21-15-12-16-22-26/h11-17,19-23H,9-10,18,24H2,1-8H3/b23-17-. The lowest BCUT2D eigenvalue weighted by molar-refractivity contribution is 0.288. The molecule has 0 aliphatic heterocycles. The average Bonchev–Trinajstić information content (AvgIpc) is 2.72. The summed E-state index contributed by atoms with van der Waals surface area (Å²) in [6.07, 6.45) is 7.31. The molecule has 0 spiro atoms. The third-order valence-corrected chi connectivity index (χ3v) is 16.1. The highest BCUT2D eigenvalue weighted by molar-refractivity contribution is 6.99. The van der Waals surface area contributed by atoms with E-state index in [1.54, 1.807) is 0 Å². The molecule has 0 saturated carbocycles. The van der Waals surface area contributed by atoms with E-state index in [2.05, 4.69) is 121 Å². The van der Waals surface area contributed by atoms with Gasteiger partial charge in [-0.25, -0.2) is 0 Å². The molecule has 2 nitrogen and oxygen atoms in total. The monoisotopic (exact) mass is 468 g/mol. The molecule has 0 aromatic heterocycles. The van der Waals surface area contributed by atoms with Crippen LogP contribution in [0.4, 0.5) is 0 Å². The van der Waals surface area contributed by atoms with Gasteiger partial charge in [0.15, 0.2) is 0 Å². The SMILES string of the molecule is CC(C)(C)[Si](C)(C)O/C=C\CCCCO[Si](c1ccccc1)(c1ccccc1)C(C)(C)C. The Kier molecular flexibility index (Phi) is 9.15. The van der Waals surface area contributed by atoms with Crippen LogP contribution >= 0.6 is 0 Å². The zero-order valence-electron chi connectivity index (χ0n) is 21.6. The van der Waals surface area contributed by atoms with E-state index in [4.69, 9.17) is 8.85 Å². The molecule has 32 heavy (non-hydrogen) atoms. The third-order valence-electron chi connectivity index (χ3n) is 6.77. The molecule has 0 atom stereocenters. The smallest absolute Gasteiger partial charge is 0.261 e. The minimum atomic E-state index is -2.41. The molecule has 0 radical (unpaired) electrons. The second kappa shape index (κ2) is 11.0. The summed E-state index contributed by atoms with van der Waals surface area (Å²) in [6, 6.07) is 21.8. The van der Waals surface area contributed by atoms with Gasteiger partial charge < -0.3 is 8.85 Å². The summed E-state index contributed by atoms with van der Waals surface area (Å²) in [5.74, 6) is 0. The Balaban J connectivity index is 2.04. The first-order valence-electron chi connectivity index (χ1n) is 12.0. The Morgan fingerprint density at radius 2 is 1.22 bits per heavy atom. The van der Waals surface area contributed by atoms with Crippen molar-refractivity contribution in [3.63, 3.8) is 0 Å². The van der Waals surface area contributed by atoms with Gasteiger partial charge in [0.1, 0.15) is 0 Å². The Labute approximate surface area is 199 Å². The molecule has 0 bridgehead atoms. The van der Waals surface area contributed by atoms with E-state index in [1.165, 1.54) is 10.4 Å². The number of allylic oxidation sites excluding steroid dienone is 1. The Morgan fingerprint density at radius 3 is 1.66 bits per heavy atom. The van der Waals surface area contributed by atoms with Crippen molar-refractivity contribution >= 4 is 27.0 Å². The third kappa shape index (κ3) is 6.46. The number of hydrogen-bond acceptors (Lipinski definition) is 2. The van der Waals surface area contributed by atoms with Crippen molar-refractivity contribution < 1.29 is 8.85 Å². The quantitative estimate of drug-likeness (QED) is 0.207. The summed E-state index contributed by atoms with van der Waals surface area (Å²) >= 11 is 0. The largest absolute Gasteiger partial charge is 0.549 e. The van der Waals surface area contributed by atoms with E-state index in [9.17, 15) is 0 Å². The summed E-state index contributed by atoms with van der Waals surface area (Å²) in [4.78, 5) is 0. The molecule has 4 heteroatoms. The molecule has 0 unspecified atom stereocenters. The number of rotatable bonds is 10. The predicted molar refractivity (Wildman–Crippen MR) is 145 cm³/mol. The van der Waals surface area contributed by atoms with Crippen molar-refractivity contribution in [2.24, 2.45) is 0 Å². The van der Waals surface area contributed by atoms with Gasteiger partial charge in [-0.1, -0.05) is 108 Å². The van der Waals surface area contributed by atoms with E-state index >= 15 is 0 Å². The van der Waals surface area contributed by atoms with E-state index in [-0.39, 0.29) is 10.1 Å². The molecule has 2 aromatic carbocycles. The lowest BCUT2D eigenvalue weighted by Gasteiger charge is -2.43. The number of hydrogen-bond donors (Lipinski definition) is 0. The van der Waals surface area contributed by atoms with E-state index in [1.807, 2.05) is 6.26 Å². The van der Waals surface area contributed by atoms with Crippen LogP contribution in [0.15, 0.2) is 73.0 Å². The van der Waals surface area contributed by atoms with Crippen LogP contribution in [-0.2, 0) is 8.85 Å². The van der Waals surface area contributed by atoms with Crippen molar-refractivity contribution in [3.8, 4) is 0 Å². The van der Waals surface area contributed by atoms with Gasteiger partial charge >= 0.3 is 0 Å². The molecular weight excluding hydrogens is 424 g/mol. The highest BCUT2D eigenvalue weighted by Gasteiger charge is 2.49. The number of benzene rings is 2. The molecule has 0 N–H and O–H groups in total. The Morgan fingerprint density at radius 1 is 0.719 bits per heavy atom. The minimum absolute atomic E-state index is 0.0343. The van der Waals surface area contributed by atoms with Gasteiger partial charge in [-0.15, -0.1) is 0 Å². The highest BCUT2D eigenvalue weighted by atomic mass is 28.4. The van der Waals surface area contributed by atoms with Crippen LogP contribution < -0.4 is 10.4 Å². The predicted octanol–water partition coefficient (Wildman–Crippen LogP) is 7.27. The molecular formula is C28H44O2Si2. The summed E-state index contributed by atoms with van der Waals surface area (Å²) in [6.45, 7) is 19.2. The zero-order chi connectivity index (χ0) is 23.9. The maximum atomic E-state index is 6.96. The van der Waals surface area contributed by atoms with Crippen molar-refractivity contribution in [1.82, 2.24) is 0 Å². The lowest BCUT2D eigenvalue weighted by atomic mass is 10.2. The fourth-order valence-corrected chi connectivity index (χ4v) is 9.21. The Hall–Kier alpha value is -1.63. The van der Waals surface area contributed by atoms with Crippen LogP contribution in [0.1, 0.15) is 60.8 Å². The van der Waals surface area contributed by atoms with Crippen molar-refractivity contribution in [1.29, 1.82) is 0 Å². The van der Waals surface area contributed by atoms with Crippen LogP contribution in [0, 0.1) is 0 Å². The second-order valence-corrected chi connectivity index (χ2v) is 20.3. The first-order chi connectivity index (χ1) is 14.9. The maximum Gasteiger partial charge on any atom is 0.261 e. The van der Waals surface area contributed by atoms with Crippen LogP contribution in [0.2, 0.25) is 23.2 Å². The normalized spacial score (nSPS) is 13.5. The molecule has 0 amide bonds. The molecule has 176 valence electrons. The fourth-order valence-electron chi connectivity index (χ4n) is 3.81. The van der Waals surface area contributed by atoms with Crippen LogP contribution in [-0.4, -0.2) is 23.2 Å². The van der Waals surface area contributed by atoms with Gasteiger partial charge in [-0.2, -0.15) is 0 Å². The van der Waals surface area contributed by atoms with E-state index in [0.717, 1.165) is 25.9 Å². The summed E-state index contributed by atoms with van der Waals surface area (Å²) < 4.78 is 13.1. The minimum Gasteiger partial charge on any atom is -0.549 e. The van der Waals surface area contributed by atoms with Crippen LogP contribution in [0.25, 0.3) is 0 Å². The molecule has 0 heterocycles. The summed E-state index contributed by atoms with van der Waals surface area (Å²) in [5.41, 5.74) is 0. The lowest BCUT2D eigenvalue weighted by Crippen LogP contribution is -2.66. The molecule has 2 aromatic rings. The first kappa shape index (κ1) is 26.6. The molecule has 0 fully saturated rings. The molecule has 0 saturated heterocycles. The average molecular weight is 469 g/mol. The zero-order valence-corrected chi connectivity index (χ0v) is 23.6. The van der Waals surface area contributed by atoms with Gasteiger partial charge in [0.25, 0.3) is 8.32 Å². The maximum absolute atomic E-state index is 6.96. The van der Waals surface area contributed by atoms with E-state index in [0.29, 0.717) is 0 Å². The topological polar surface area (TPSA) is 18.5 Å². The van der Waals surface area contributed by atoms with Crippen LogP contribution in [0.3, 0.4) is 0 Å². The molecule has 2 rings (SSSR count). The van der Waals surface area contributed by atoms with Gasteiger partial charge in [0, 0.05) is 6.61 Å². The second-order valence-electron chi connectivity index (χ2n) is 11.3.